The van der Waals surface area contributed by atoms with Gasteiger partial charge in [-0.15, -0.1) is 0 Å². The van der Waals surface area contributed by atoms with Crippen LogP contribution >= 0.6 is 0 Å². The fourth-order valence-corrected chi connectivity index (χ4v) is 4.32. The van der Waals surface area contributed by atoms with Crippen LogP contribution < -0.4 is 9.47 Å². The molecule has 0 spiro atoms. The number of hydrogen-bond acceptors (Lipinski definition) is 4. The molecule has 1 unspecified atom stereocenters. The van der Waals surface area contributed by atoms with Crippen molar-refractivity contribution in [1.82, 2.24) is 0 Å². The van der Waals surface area contributed by atoms with Crippen LogP contribution in [0.2, 0.25) is 0 Å². The number of halogens is 3. The molecule has 2 aliphatic rings. The second-order valence-corrected chi connectivity index (χ2v) is 7.52. The molecule has 0 bridgehead atoms. The summed E-state index contributed by atoms with van der Waals surface area (Å²) >= 11 is 0. The second kappa shape index (κ2) is 7.83. The predicted molar refractivity (Wildman–Crippen MR) is 101 cm³/mol. The van der Waals surface area contributed by atoms with Crippen LogP contribution in [-0.2, 0) is 16.0 Å². The molecule has 2 aromatic rings. The smallest absolute Gasteiger partial charge is 0.418 e. The lowest BCUT2D eigenvalue weighted by Crippen LogP contribution is -2.23. The third kappa shape index (κ3) is 3.84. The standard InChI is InChI=1S/C22H21F3O5/c1-28-21(22(23,24)25)17-4-2-3-16-15(17)7-8-18(16)30-13-5-6-14-12(9-20(26)27)11-29-19(14)10-13/h2-6,10,12,18,21H,7-9,11H2,1H3,(H,26,27)/t12?,18-,21+/m1/s1. The monoisotopic (exact) mass is 422 g/mol. The number of carboxylic acids is 1. The van der Waals surface area contributed by atoms with Gasteiger partial charge in [0.15, 0.2) is 6.10 Å². The van der Waals surface area contributed by atoms with Crippen molar-refractivity contribution in [1.29, 1.82) is 0 Å². The Labute approximate surface area is 171 Å². The Balaban J connectivity index is 1.56. The van der Waals surface area contributed by atoms with E-state index in [1.165, 1.54) is 6.07 Å². The maximum atomic E-state index is 13.3. The molecule has 0 saturated carbocycles. The highest BCUT2D eigenvalue weighted by Crippen LogP contribution is 2.44. The summed E-state index contributed by atoms with van der Waals surface area (Å²) in [5, 5.41) is 9.01. The van der Waals surface area contributed by atoms with Gasteiger partial charge < -0.3 is 19.3 Å². The Hall–Kier alpha value is -2.74. The number of alkyl halides is 3. The molecule has 160 valence electrons. The third-order valence-electron chi connectivity index (χ3n) is 5.63. The summed E-state index contributed by atoms with van der Waals surface area (Å²) in [6, 6.07) is 10.1. The summed E-state index contributed by atoms with van der Waals surface area (Å²) in [7, 11) is 1.06. The van der Waals surface area contributed by atoms with Gasteiger partial charge in [0, 0.05) is 24.7 Å². The van der Waals surface area contributed by atoms with Gasteiger partial charge in [-0.3, -0.25) is 4.79 Å². The number of fused-ring (bicyclic) bond motifs is 2. The number of carboxylic acid groups (broad SMARTS) is 1. The minimum atomic E-state index is -4.49. The Morgan fingerprint density at radius 1 is 1.27 bits per heavy atom. The van der Waals surface area contributed by atoms with E-state index in [1.54, 1.807) is 30.3 Å². The number of methoxy groups -OCH3 is 1. The summed E-state index contributed by atoms with van der Waals surface area (Å²) in [5.41, 5.74) is 2.30. The van der Waals surface area contributed by atoms with Crippen LogP contribution in [0.4, 0.5) is 13.2 Å². The fraction of sp³-hybridized carbons (Fsp3) is 0.409. The average molecular weight is 422 g/mol. The summed E-state index contributed by atoms with van der Waals surface area (Å²) < 4.78 is 56.5. The Bertz CT molecular complexity index is 956. The van der Waals surface area contributed by atoms with Crippen LogP contribution in [0, 0.1) is 0 Å². The topological polar surface area (TPSA) is 65.0 Å². The quantitative estimate of drug-likeness (QED) is 0.713. The van der Waals surface area contributed by atoms with Crippen LogP contribution in [0.15, 0.2) is 36.4 Å². The van der Waals surface area contributed by atoms with Crippen LogP contribution in [0.1, 0.15) is 53.2 Å². The lowest BCUT2D eigenvalue weighted by molar-refractivity contribution is -0.216. The number of aliphatic carboxylic acids is 1. The third-order valence-corrected chi connectivity index (χ3v) is 5.63. The van der Waals surface area contributed by atoms with E-state index >= 15 is 0 Å². The van der Waals surface area contributed by atoms with Crippen molar-refractivity contribution in [2.24, 2.45) is 0 Å². The first-order valence-electron chi connectivity index (χ1n) is 9.64. The van der Waals surface area contributed by atoms with Gasteiger partial charge in [0.2, 0.25) is 0 Å². The highest BCUT2D eigenvalue weighted by atomic mass is 19.4. The molecule has 1 heterocycles. The number of ether oxygens (including phenoxy) is 3. The Morgan fingerprint density at radius 2 is 2.07 bits per heavy atom. The Kier molecular flexibility index (Phi) is 5.36. The molecular formula is C22H21F3O5. The zero-order chi connectivity index (χ0) is 21.5. The van der Waals surface area contributed by atoms with Crippen LogP contribution in [0.5, 0.6) is 11.5 Å². The molecule has 4 rings (SSSR count). The highest BCUT2D eigenvalue weighted by Gasteiger charge is 2.43. The van der Waals surface area contributed by atoms with Crippen molar-refractivity contribution in [3.63, 3.8) is 0 Å². The van der Waals surface area contributed by atoms with E-state index < -0.39 is 18.2 Å². The summed E-state index contributed by atoms with van der Waals surface area (Å²) in [4.78, 5) is 11.0. The molecule has 8 heteroatoms. The molecule has 1 N–H and O–H groups in total. The van der Waals surface area contributed by atoms with Crippen molar-refractivity contribution in [2.45, 2.75) is 43.6 Å². The number of hydrogen-bond donors (Lipinski definition) is 1. The summed E-state index contributed by atoms with van der Waals surface area (Å²) in [6.07, 6.45) is -5.82. The SMILES string of the molecule is CO[C@@H](c1cccc2c1CC[C@H]2Oc1ccc2c(c1)OCC2CC(=O)O)C(F)(F)F. The molecule has 1 aliphatic carbocycles. The van der Waals surface area contributed by atoms with Crippen molar-refractivity contribution in [2.75, 3.05) is 13.7 Å². The van der Waals surface area contributed by atoms with E-state index in [2.05, 4.69) is 0 Å². The van der Waals surface area contributed by atoms with Gasteiger partial charge in [0.1, 0.15) is 17.6 Å². The van der Waals surface area contributed by atoms with Gasteiger partial charge in [0.05, 0.1) is 13.0 Å². The minimum absolute atomic E-state index is 0.00808. The first kappa shape index (κ1) is 20.5. The molecule has 30 heavy (non-hydrogen) atoms. The van der Waals surface area contributed by atoms with Gasteiger partial charge in [-0.2, -0.15) is 13.2 Å². The lowest BCUT2D eigenvalue weighted by Gasteiger charge is -2.22. The maximum Gasteiger partial charge on any atom is 0.418 e. The lowest BCUT2D eigenvalue weighted by atomic mass is 9.97. The predicted octanol–water partition coefficient (Wildman–Crippen LogP) is 4.95. The molecule has 0 saturated heterocycles. The zero-order valence-electron chi connectivity index (χ0n) is 16.2. The molecule has 5 nitrogen and oxygen atoms in total. The van der Waals surface area contributed by atoms with E-state index in [9.17, 15) is 18.0 Å². The van der Waals surface area contributed by atoms with Crippen molar-refractivity contribution in [3.05, 3.63) is 58.7 Å². The molecule has 2 aromatic carbocycles. The molecule has 0 radical (unpaired) electrons. The van der Waals surface area contributed by atoms with Crippen LogP contribution in [0.25, 0.3) is 0 Å². The normalized spacial score (nSPS) is 20.9. The largest absolute Gasteiger partial charge is 0.492 e. The molecule has 0 amide bonds. The molecular weight excluding hydrogens is 401 g/mol. The van der Waals surface area contributed by atoms with Gasteiger partial charge in [-0.25, -0.2) is 0 Å². The molecule has 0 aromatic heterocycles. The first-order valence-corrected chi connectivity index (χ1v) is 9.64. The summed E-state index contributed by atoms with van der Waals surface area (Å²) in [5.74, 6) is 0.0346. The van der Waals surface area contributed by atoms with Gasteiger partial charge in [0.25, 0.3) is 0 Å². The first-order chi connectivity index (χ1) is 14.3. The maximum absolute atomic E-state index is 13.3. The van der Waals surface area contributed by atoms with E-state index in [1.807, 2.05) is 0 Å². The van der Waals surface area contributed by atoms with Crippen LogP contribution in [0.3, 0.4) is 0 Å². The highest BCUT2D eigenvalue weighted by molar-refractivity contribution is 5.68. The Morgan fingerprint density at radius 3 is 2.77 bits per heavy atom. The zero-order valence-corrected chi connectivity index (χ0v) is 16.2. The van der Waals surface area contributed by atoms with Crippen molar-refractivity contribution < 1.29 is 37.3 Å². The van der Waals surface area contributed by atoms with Gasteiger partial charge in [-0.1, -0.05) is 24.3 Å². The van der Waals surface area contributed by atoms with E-state index in [0.717, 1.165) is 18.2 Å². The summed E-state index contributed by atoms with van der Waals surface area (Å²) in [6.45, 7) is 0.302. The molecule has 0 fully saturated rings. The van der Waals surface area contributed by atoms with Crippen LogP contribution in [-0.4, -0.2) is 31.0 Å². The van der Waals surface area contributed by atoms with Crippen molar-refractivity contribution >= 4 is 5.97 Å². The fourth-order valence-electron chi connectivity index (χ4n) is 4.32. The number of benzene rings is 2. The molecule has 1 aliphatic heterocycles. The molecule has 3 atom stereocenters. The van der Waals surface area contributed by atoms with Crippen molar-refractivity contribution in [3.8, 4) is 11.5 Å². The van der Waals surface area contributed by atoms with E-state index in [-0.39, 0.29) is 24.0 Å². The number of rotatable bonds is 6. The second-order valence-electron chi connectivity index (χ2n) is 7.52. The van der Waals surface area contributed by atoms with Gasteiger partial charge in [-0.05, 0) is 35.6 Å². The average Bonchev–Trinajstić information content (AvgIpc) is 3.26. The van der Waals surface area contributed by atoms with Gasteiger partial charge >= 0.3 is 12.1 Å². The van der Waals surface area contributed by atoms with E-state index in [0.29, 0.717) is 36.5 Å². The number of carbonyl (C=O) groups is 1. The van der Waals surface area contributed by atoms with E-state index in [4.69, 9.17) is 19.3 Å². The minimum Gasteiger partial charge on any atom is -0.492 e.